The van der Waals surface area contributed by atoms with Gasteiger partial charge in [-0.15, -0.1) is 0 Å². The molecule has 8 heteroatoms. The molecule has 0 fully saturated rings. The van der Waals surface area contributed by atoms with E-state index in [0.717, 1.165) is 23.2 Å². The highest BCUT2D eigenvalue weighted by atomic mass is 32.2. The Morgan fingerprint density at radius 2 is 1.65 bits per heavy atom. The van der Waals surface area contributed by atoms with Crippen LogP contribution in [0.2, 0.25) is 0 Å². The zero-order chi connectivity index (χ0) is 22.6. The summed E-state index contributed by atoms with van der Waals surface area (Å²) in [6.45, 7) is 3.96. The maximum atomic E-state index is 12.6. The van der Waals surface area contributed by atoms with Gasteiger partial charge < -0.3 is 10.2 Å². The van der Waals surface area contributed by atoms with E-state index in [4.69, 9.17) is 0 Å². The van der Waals surface area contributed by atoms with Crippen molar-refractivity contribution >= 4 is 32.4 Å². The molecule has 7 nitrogen and oxygen atoms in total. The molecule has 0 spiro atoms. The smallest absolute Gasteiger partial charge is 0.264 e. The zero-order valence-electron chi connectivity index (χ0n) is 18.3. The van der Waals surface area contributed by atoms with Gasteiger partial charge in [-0.1, -0.05) is 43.3 Å². The summed E-state index contributed by atoms with van der Waals surface area (Å²) in [6, 6.07) is 15.3. The van der Waals surface area contributed by atoms with Crippen LogP contribution in [0.5, 0.6) is 0 Å². The van der Waals surface area contributed by atoms with Gasteiger partial charge in [-0.25, -0.2) is 8.42 Å². The van der Waals surface area contributed by atoms with Crippen molar-refractivity contribution < 1.29 is 13.2 Å². The monoisotopic (exact) mass is 440 g/mol. The van der Waals surface area contributed by atoms with Gasteiger partial charge in [0.05, 0.1) is 0 Å². The first-order valence-electron chi connectivity index (χ1n) is 10.1. The standard InChI is InChI=1S/C23H28N4O3S/c1-5-17-6-10-19(11-7-17)22-16(2)23(26-31(22,29)30)25-15-21(28)24-14-18-8-12-20(13-9-18)27(3)4/h6-13H,5,14-15H2,1-4H3,(H,24,28)(H,25,26). The van der Waals surface area contributed by atoms with Gasteiger partial charge in [-0.3, -0.25) is 14.5 Å². The lowest BCUT2D eigenvalue weighted by Gasteiger charge is -2.12. The normalized spacial score (nSPS) is 16.3. The van der Waals surface area contributed by atoms with Gasteiger partial charge in [0.2, 0.25) is 5.91 Å². The average molecular weight is 441 g/mol. The number of nitrogens with one attached hydrogen (secondary N) is 2. The second-order valence-corrected chi connectivity index (χ2v) is 9.23. The summed E-state index contributed by atoms with van der Waals surface area (Å²) in [7, 11) is 0.226. The summed E-state index contributed by atoms with van der Waals surface area (Å²) in [5.74, 6) is -0.0722. The molecule has 0 aromatic heterocycles. The van der Waals surface area contributed by atoms with Crippen LogP contribution in [0.4, 0.5) is 5.69 Å². The molecule has 0 unspecified atom stereocenters. The molecule has 1 aliphatic heterocycles. The highest BCUT2D eigenvalue weighted by Gasteiger charge is 2.32. The van der Waals surface area contributed by atoms with Crippen molar-refractivity contribution in [2.45, 2.75) is 26.8 Å². The highest BCUT2D eigenvalue weighted by Crippen LogP contribution is 2.30. The number of nitrogens with zero attached hydrogens (tertiary/aromatic N) is 2. The number of rotatable bonds is 7. The minimum Gasteiger partial charge on any atom is -0.378 e. The predicted octanol–water partition coefficient (Wildman–Crippen LogP) is 2.69. The first-order chi connectivity index (χ1) is 14.7. The van der Waals surface area contributed by atoms with Crippen LogP contribution in [-0.2, 0) is 27.8 Å². The van der Waals surface area contributed by atoms with E-state index in [1.807, 2.05) is 62.3 Å². The molecule has 1 aliphatic rings. The number of anilines is 1. The number of sulfonamides is 1. The molecule has 1 amide bonds. The Balaban J connectivity index is 1.67. The van der Waals surface area contributed by atoms with E-state index in [1.165, 1.54) is 0 Å². The summed E-state index contributed by atoms with van der Waals surface area (Å²) in [6.07, 6.45) is 0.880. The second kappa shape index (κ2) is 9.34. The SMILES string of the molecule is CCc1ccc(C2=C(C)C(=NCC(=O)NCc3ccc(N(C)C)cc3)NS2(=O)=O)cc1. The van der Waals surface area contributed by atoms with Gasteiger partial charge in [0.15, 0.2) is 0 Å². The molecular weight excluding hydrogens is 412 g/mol. The molecule has 31 heavy (non-hydrogen) atoms. The predicted molar refractivity (Wildman–Crippen MR) is 125 cm³/mol. The van der Waals surface area contributed by atoms with E-state index in [1.54, 1.807) is 19.1 Å². The van der Waals surface area contributed by atoms with Crippen LogP contribution in [0.25, 0.3) is 4.91 Å². The summed E-state index contributed by atoms with van der Waals surface area (Å²) in [4.78, 5) is 18.6. The van der Waals surface area contributed by atoms with Crippen molar-refractivity contribution in [3.8, 4) is 0 Å². The summed E-state index contributed by atoms with van der Waals surface area (Å²) >= 11 is 0. The first-order valence-corrected chi connectivity index (χ1v) is 11.6. The third-order valence-corrected chi connectivity index (χ3v) is 6.68. The van der Waals surface area contributed by atoms with Crippen molar-refractivity contribution in [3.63, 3.8) is 0 Å². The zero-order valence-corrected chi connectivity index (χ0v) is 19.1. The minimum absolute atomic E-state index is 0.160. The number of aliphatic imine (C=N–C) groups is 1. The Morgan fingerprint density at radius 1 is 1.03 bits per heavy atom. The fraction of sp³-hybridized carbons (Fsp3) is 0.304. The maximum Gasteiger partial charge on any atom is 0.264 e. The molecule has 164 valence electrons. The number of hydrogen-bond acceptors (Lipinski definition) is 5. The van der Waals surface area contributed by atoms with Crippen LogP contribution < -0.4 is 14.9 Å². The number of amidine groups is 1. The molecule has 3 rings (SSSR count). The summed E-state index contributed by atoms with van der Waals surface area (Å²) in [5.41, 5.74) is 4.31. The molecule has 1 heterocycles. The van der Waals surface area contributed by atoms with Crippen molar-refractivity contribution in [1.82, 2.24) is 10.0 Å². The van der Waals surface area contributed by atoms with E-state index in [9.17, 15) is 13.2 Å². The minimum atomic E-state index is -3.71. The van der Waals surface area contributed by atoms with Crippen molar-refractivity contribution in [2.75, 3.05) is 25.5 Å². The van der Waals surface area contributed by atoms with Gasteiger partial charge in [-0.05, 0) is 42.2 Å². The van der Waals surface area contributed by atoms with Gasteiger partial charge in [0.1, 0.15) is 17.3 Å². The Kier molecular flexibility index (Phi) is 6.80. The number of aryl methyl sites for hydroxylation is 1. The van der Waals surface area contributed by atoms with E-state index < -0.39 is 10.0 Å². The lowest BCUT2D eigenvalue weighted by atomic mass is 10.1. The topological polar surface area (TPSA) is 90.9 Å². The van der Waals surface area contributed by atoms with Gasteiger partial charge in [0.25, 0.3) is 10.0 Å². The van der Waals surface area contributed by atoms with Gasteiger partial charge >= 0.3 is 0 Å². The molecule has 0 saturated heterocycles. The molecule has 2 aromatic rings. The highest BCUT2D eigenvalue weighted by molar-refractivity contribution is 8.00. The van der Waals surface area contributed by atoms with Crippen LogP contribution in [0, 0.1) is 0 Å². The third-order valence-electron chi connectivity index (χ3n) is 5.14. The second-order valence-electron chi connectivity index (χ2n) is 7.61. The Morgan fingerprint density at radius 3 is 2.23 bits per heavy atom. The lowest BCUT2D eigenvalue weighted by molar-refractivity contribution is -0.119. The summed E-state index contributed by atoms with van der Waals surface area (Å²) in [5, 5.41) is 2.81. The quantitative estimate of drug-likeness (QED) is 0.693. The van der Waals surface area contributed by atoms with Crippen molar-refractivity contribution in [3.05, 3.63) is 70.8 Å². The fourth-order valence-electron chi connectivity index (χ4n) is 3.30. The molecule has 0 atom stereocenters. The van der Waals surface area contributed by atoms with Crippen LogP contribution in [0.1, 0.15) is 30.5 Å². The van der Waals surface area contributed by atoms with Gasteiger partial charge in [-0.2, -0.15) is 0 Å². The molecule has 2 N–H and O–H groups in total. The van der Waals surface area contributed by atoms with Crippen molar-refractivity contribution in [2.24, 2.45) is 4.99 Å². The molecule has 0 radical (unpaired) electrons. The number of carbonyl (C=O) groups is 1. The molecule has 0 saturated carbocycles. The molecule has 0 aliphatic carbocycles. The lowest BCUT2D eigenvalue weighted by Crippen LogP contribution is -2.28. The fourth-order valence-corrected chi connectivity index (χ4v) is 4.82. The van der Waals surface area contributed by atoms with Crippen LogP contribution in [0.3, 0.4) is 0 Å². The van der Waals surface area contributed by atoms with Gasteiger partial charge in [0, 0.05) is 31.9 Å². The Labute approximate surface area is 183 Å². The Hall–Kier alpha value is -3.13. The molecular formula is C23H28N4O3S. The van der Waals surface area contributed by atoms with E-state index in [-0.39, 0.29) is 23.2 Å². The van der Waals surface area contributed by atoms with Crippen LogP contribution >= 0.6 is 0 Å². The third kappa shape index (κ3) is 5.32. The van der Waals surface area contributed by atoms with E-state index in [0.29, 0.717) is 17.7 Å². The molecule has 0 bridgehead atoms. The maximum absolute atomic E-state index is 12.6. The Bertz CT molecular complexity index is 1120. The van der Waals surface area contributed by atoms with E-state index in [2.05, 4.69) is 15.0 Å². The summed E-state index contributed by atoms with van der Waals surface area (Å²) < 4.78 is 27.7. The number of hydrogen-bond donors (Lipinski definition) is 2. The number of benzene rings is 2. The average Bonchev–Trinajstić information content (AvgIpc) is 2.99. The number of amides is 1. The number of carbonyl (C=O) groups excluding carboxylic acids is 1. The van der Waals surface area contributed by atoms with Crippen LogP contribution in [-0.4, -0.2) is 40.8 Å². The van der Waals surface area contributed by atoms with Crippen LogP contribution in [0.15, 0.2) is 59.1 Å². The largest absolute Gasteiger partial charge is 0.378 e. The van der Waals surface area contributed by atoms with Crippen molar-refractivity contribution in [1.29, 1.82) is 0 Å². The molecule has 2 aromatic carbocycles. The first kappa shape index (κ1) is 22.6. The van der Waals surface area contributed by atoms with E-state index >= 15 is 0 Å².